The van der Waals surface area contributed by atoms with Gasteiger partial charge in [0.15, 0.2) is 5.65 Å². The van der Waals surface area contributed by atoms with E-state index in [1.54, 1.807) is 18.0 Å². The Hall–Kier alpha value is -3.36. The highest BCUT2D eigenvalue weighted by Crippen LogP contribution is 2.20. The molecule has 0 saturated carbocycles. The molecule has 1 fully saturated rings. The number of hydrogen-bond acceptors (Lipinski definition) is 6. The van der Waals surface area contributed by atoms with Crippen LogP contribution in [0, 0.1) is 0 Å². The van der Waals surface area contributed by atoms with E-state index in [1.807, 2.05) is 54.8 Å². The molecule has 0 unspecified atom stereocenters. The van der Waals surface area contributed by atoms with Crippen molar-refractivity contribution in [3.63, 3.8) is 0 Å². The van der Waals surface area contributed by atoms with E-state index in [9.17, 15) is 9.59 Å². The summed E-state index contributed by atoms with van der Waals surface area (Å²) in [5.41, 5.74) is 1.01. The molecular formula is C22H28N6O3. The Balaban J connectivity index is 1.46. The lowest BCUT2D eigenvalue weighted by molar-refractivity contribution is -0.130. The fourth-order valence-electron chi connectivity index (χ4n) is 3.78. The molecule has 9 heteroatoms. The van der Waals surface area contributed by atoms with Crippen molar-refractivity contribution in [1.29, 1.82) is 0 Å². The molecule has 4 rings (SSSR count). The average Bonchev–Trinajstić information content (AvgIpc) is 3.19. The number of carbonyl (C=O) groups is 1. The summed E-state index contributed by atoms with van der Waals surface area (Å²) in [6, 6.07) is 7.57. The fourth-order valence-corrected chi connectivity index (χ4v) is 3.78. The molecule has 1 saturated heterocycles. The Kier molecular flexibility index (Phi) is 5.43. The molecule has 0 radical (unpaired) electrons. The van der Waals surface area contributed by atoms with E-state index >= 15 is 0 Å². The minimum atomic E-state index is -0.287. The first-order valence-electron chi connectivity index (χ1n) is 10.4. The zero-order chi connectivity index (χ0) is 22.2. The lowest BCUT2D eigenvalue weighted by atomic mass is 10.1. The minimum Gasteiger partial charge on any atom is -0.497 e. The molecule has 0 spiro atoms. The van der Waals surface area contributed by atoms with Gasteiger partial charge in [0.25, 0.3) is 5.56 Å². The first-order chi connectivity index (χ1) is 14.8. The highest BCUT2D eigenvalue weighted by atomic mass is 16.5. The van der Waals surface area contributed by atoms with Crippen LogP contribution in [0.1, 0.15) is 26.3 Å². The number of aromatic amines is 1. The monoisotopic (exact) mass is 424 g/mol. The Labute approximate surface area is 180 Å². The number of benzene rings is 1. The van der Waals surface area contributed by atoms with E-state index < -0.39 is 0 Å². The highest BCUT2D eigenvalue weighted by molar-refractivity contribution is 5.79. The third-order valence-corrected chi connectivity index (χ3v) is 5.48. The van der Waals surface area contributed by atoms with Gasteiger partial charge in [-0.25, -0.2) is 4.68 Å². The van der Waals surface area contributed by atoms with Crippen LogP contribution in [0.4, 0.5) is 5.95 Å². The second-order valence-corrected chi connectivity index (χ2v) is 8.75. The molecule has 1 aliphatic heterocycles. The zero-order valence-electron chi connectivity index (χ0n) is 18.4. The summed E-state index contributed by atoms with van der Waals surface area (Å²) in [5, 5.41) is 4.83. The van der Waals surface area contributed by atoms with Gasteiger partial charge in [-0.1, -0.05) is 12.1 Å². The zero-order valence-corrected chi connectivity index (χ0v) is 18.4. The molecule has 0 bridgehead atoms. The second-order valence-electron chi connectivity index (χ2n) is 8.75. The van der Waals surface area contributed by atoms with Crippen LogP contribution in [0.5, 0.6) is 5.75 Å². The van der Waals surface area contributed by atoms with Gasteiger partial charge in [-0.15, -0.1) is 0 Å². The van der Waals surface area contributed by atoms with Gasteiger partial charge in [0.2, 0.25) is 11.9 Å². The van der Waals surface area contributed by atoms with Gasteiger partial charge in [-0.3, -0.25) is 14.6 Å². The highest BCUT2D eigenvalue weighted by Gasteiger charge is 2.25. The third kappa shape index (κ3) is 4.26. The van der Waals surface area contributed by atoms with Gasteiger partial charge < -0.3 is 14.5 Å². The number of piperazine rings is 1. The summed E-state index contributed by atoms with van der Waals surface area (Å²) in [4.78, 5) is 36.7. The number of hydrogen-bond donors (Lipinski definition) is 1. The van der Waals surface area contributed by atoms with E-state index in [1.165, 1.54) is 0 Å². The SMILES string of the molecule is COc1cccc(CC(=O)N2CCN(c3nc4c(cnn4C(C)(C)C)c(=O)[nH]3)CC2)c1. The first kappa shape index (κ1) is 20.9. The number of nitrogens with one attached hydrogen (secondary N) is 1. The summed E-state index contributed by atoms with van der Waals surface area (Å²) < 4.78 is 7.01. The average molecular weight is 425 g/mol. The maximum absolute atomic E-state index is 12.7. The van der Waals surface area contributed by atoms with Crippen LogP contribution >= 0.6 is 0 Å². The molecule has 31 heavy (non-hydrogen) atoms. The Morgan fingerprint density at radius 3 is 2.61 bits per heavy atom. The number of nitrogens with zero attached hydrogens (tertiary/aromatic N) is 5. The van der Waals surface area contributed by atoms with Gasteiger partial charge >= 0.3 is 0 Å². The summed E-state index contributed by atoms with van der Waals surface area (Å²) in [7, 11) is 1.62. The van der Waals surface area contributed by atoms with Crippen molar-refractivity contribution in [2.45, 2.75) is 32.7 Å². The molecule has 1 amide bonds. The second kappa shape index (κ2) is 8.05. The van der Waals surface area contributed by atoms with Gasteiger partial charge in [0, 0.05) is 26.2 Å². The van der Waals surface area contributed by atoms with Gasteiger partial charge in [0.05, 0.1) is 25.3 Å². The number of amides is 1. The molecule has 2 aromatic heterocycles. The van der Waals surface area contributed by atoms with Crippen LogP contribution in [0.2, 0.25) is 0 Å². The molecule has 3 aromatic rings. The molecule has 1 N–H and O–H groups in total. The normalized spacial score (nSPS) is 14.8. The van der Waals surface area contributed by atoms with E-state index in [2.05, 4.69) is 10.1 Å². The number of H-pyrrole nitrogens is 1. The number of anilines is 1. The summed E-state index contributed by atoms with van der Waals surface area (Å²) >= 11 is 0. The standard InChI is InChI=1S/C22H28N6O3/c1-22(2,3)28-19-17(14-23-28)20(30)25-21(24-19)27-10-8-26(9-11-27)18(29)13-15-6-5-7-16(12-15)31-4/h5-7,12,14H,8-11,13H2,1-4H3,(H,24,25,30). The van der Waals surface area contributed by atoms with Crippen molar-refractivity contribution in [2.24, 2.45) is 0 Å². The maximum Gasteiger partial charge on any atom is 0.263 e. The Morgan fingerprint density at radius 1 is 1.19 bits per heavy atom. The van der Waals surface area contributed by atoms with Crippen molar-refractivity contribution >= 4 is 22.9 Å². The van der Waals surface area contributed by atoms with Gasteiger partial charge in [-0.2, -0.15) is 10.1 Å². The van der Waals surface area contributed by atoms with E-state index in [0.29, 0.717) is 49.6 Å². The Bertz CT molecular complexity index is 1150. The lowest BCUT2D eigenvalue weighted by Crippen LogP contribution is -2.50. The van der Waals surface area contributed by atoms with Crippen LogP contribution in [-0.2, 0) is 16.8 Å². The van der Waals surface area contributed by atoms with E-state index in [-0.39, 0.29) is 17.0 Å². The van der Waals surface area contributed by atoms with Crippen molar-refractivity contribution < 1.29 is 9.53 Å². The number of ether oxygens (including phenoxy) is 1. The molecule has 0 aliphatic carbocycles. The molecule has 3 heterocycles. The van der Waals surface area contributed by atoms with Crippen LogP contribution in [0.15, 0.2) is 35.3 Å². The van der Waals surface area contributed by atoms with Crippen LogP contribution in [0.3, 0.4) is 0 Å². The van der Waals surface area contributed by atoms with Crippen molar-refractivity contribution in [3.8, 4) is 5.75 Å². The summed E-state index contributed by atoms with van der Waals surface area (Å²) in [5.74, 6) is 1.34. The van der Waals surface area contributed by atoms with Crippen molar-refractivity contribution in [2.75, 3.05) is 38.2 Å². The number of methoxy groups -OCH3 is 1. The lowest BCUT2D eigenvalue weighted by Gasteiger charge is -2.35. The van der Waals surface area contributed by atoms with E-state index in [4.69, 9.17) is 9.72 Å². The van der Waals surface area contributed by atoms with Crippen molar-refractivity contribution in [3.05, 3.63) is 46.4 Å². The smallest absolute Gasteiger partial charge is 0.263 e. The molecule has 9 nitrogen and oxygen atoms in total. The van der Waals surface area contributed by atoms with Crippen LogP contribution in [0.25, 0.3) is 11.0 Å². The van der Waals surface area contributed by atoms with Crippen molar-refractivity contribution in [1.82, 2.24) is 24.6 Å². The fraction of sp³-hybridized carbons (Fsp3) is 0.455. The maximum atomic E-state index is 12.7. The van der Waals surface area contributed by atoms with E-state index in [0.717, 1.165) is 11.3 Å². The quantitative estimate of drug-likeness (QED) is 0.686. The number of carbonyl (C=O) groups excluding carboxylic acids is 1. The number of aromatic nitrogens is 4. The minimum absolute atomic E-state index is 0.0793. The predicted molar refractivity (Wildman–Crippen MR) is 119 cm³/mol. The summed E-state index contributed by atoms with van der Waals surface area (Å²) in [6.07, 6.45) is 1.90. The van der Waals surface area contributed by atoms with Crippen LogP contribution < -0.4 is 15.2 Å². The molecular weight excluding hydrogens is 396 g/mol. The molecule has 0 atom stereocenters. The summed E-state index contributed by atoms with van der Waals surface area (Å²) in [6.45, 7) is 8.41. The largest absolute Gasteiger partial charge is 0.497 e. The Morgan fingerprint density at radius 2 is 1.94 bits per heavy atom. The van der Waals surface area contributed by atoms with Gasteiger partial charge in [-0.05, 0) is 38.5 Å². The number of rotatable bonds is 4. The van der Waals surface area contributed by atoms with Gasteiger partial charge in [0.1, 0.15) is 11.1 Å². The number of fused-ring (bicyclic) bond motifs is 1. The molecule has 1 aliphatic rings. The molecule has 1 aromatic carbocycles. The van der Waals surface area contributed by atoms with Crippen LogP contribution in [-0.4, -0.2) is 63.8 Å². The predicted octanol–water partition coefficient (Wildman–Crippen LogP) is 1.77. The topological polar surface area (TPSA) is 96.3 Å². The third-order valence-electron chi connectivity index (χ3n) is 5.48. The molecule has 164 valence electrons. The first-order valence-corrected chi connectivity index (χ1v) is 10.4.